The van der Waals surface area contributed by atoms with Crippen molar-refractivity contribution in [1.82, 2.24) is 0 Å². The summed E-state index contributed by atoms with van der Waals surface area (Å²) in [5.74, 6) is -1.84. The van der Waals surface area contributed by atoms with E-state index in [4.69, 9.17) is 0 Å². The summed E-state index contributed by atoms with van der Waals surface area (Å²) in [4.78, 5) is 20.4. The fraction of sp³-hybridized carbons (Fsp3) is 0.722. The predicted molar refractivity (Wildman–Crippen MR) is 169 cm³/mol. The van der Waals surface area contributed by atoms with Crippen molar-refractivity contribution in [1.29, 1.82) is 0 Å². The van der Waals surface area contributed by atoms with Gasteiger partial charge in [0.25, 0.3) is 0 Å². The first-order chi connectivity index (χ1) is 19.5. The van der Waals surface area contributed by atoms with Gasteiger partial charge in [-0.1, -0.05) is 127 Å². The van der Waals surface area contributed by atoms with Gasteiger partial charge in [-0.05, 0) is 89.9 Å². The van der Waals surface area contributed by atoms with Gasteiger partial charge in [-0.25, -0.2) is 0 Å². The molecule has 0 aromatic heterocycles. The van der Waals surface area contributed by atoms with E-state index in [-0.39, 0.29) is 29.9 Å². The average Bonchev–Trinajstić information content (AvgIpc) is 2.93. The van der Waals surface area contributed by atoms with Crippen molar-refractivity contribution in [3.05, 3.63) is 48.6 Å². The third-order valence-corrected chi connectivity index (χ3v) is 6.66. The zero-order chi connectivity index (χ0) is 29.8. The molecule has 41 heavy (non-hydrogen) atoms. The molecule has 0 N–H and O–H groups in total. The van der Waals surface area contributed by atoms with Crippen LogP contribution in [0.4, 0.5) is 0 Å². The van der Waals surface area contributed by atoms with Crippen LogP contribution in [-0.4, -0.2) is 11.9 Å². The van der Waals surface area contributed by atoms with Crippen LogP contribution in [0.25, 0.3) is 0 Å². The molecule has 0 aliphatic carbocycles. The summed E-state index contributed by atoms with van der Waals surface area (Å²) in [5.41, 5.74) is 0. The Balaban J connectivity index is -0.000000688. The Morgan fingerprint density at radius 3 is 0.976 bits per heavy atom. The van der Waals surface area contributed by atoms with Crippen molar-refractivity contribution in [2.45, 2.75) is 168 Å². The predicted octanol–water partition coefficient (Wildman–Crippen LogP) is 9.10. The Morgan fingerprint density at radius 2 is 0.683 bits per heavy atom. The topological polar surface area (TPSA) is 80.3 Å². The molecular formula is C36H62CuO4. The molecule has 4 nitrogen and oxygen atoms in total. The second kappa shape index (κ2) is 40.6. The van der Waals surface area contributed by atoms with Crippen LogP contribution in [0.15, 0.2) is 48.6 Å². The molecule has 1 radical (unpaired) electrons. The summed E-state index contributed by atoms with van der Waals surface area (Å²) in [6.45, 7) is 4.46. The number of allylic oxidation sites excluding steroid dienone is 8. The molecular weight excluding hydrogens is 560 g/mol. The SMILES string of the molecule is CCCCCC=CCC=CCCCCCCCC(=O)[O-].CCCCCC=CCC=CCCCCCCCC(=O)[O-].[Cu+2]. The summed E-state index contributed by atoms with van der Waals surface area (Å²) in [5, 5.41) is 20.4. The van der Waals surface area contributed by atoms with Crippen molar-refractivity contribution in [3.63, 3.8) is 0 Å². The largest absolute Gasteiger partial charge is 2.00 e. The zero-order valence-corrected chi connectivity index (χ0v) is 27.5. The van der Waals surface area contributed by atoms with Gasteiger partial charge >= 0.3 is 17.1 Å². The Labute approximate surface area is 264 Å². The molecule has 0 saturated carbocycles. The normalized spacial score (nSPS) is 11.4. The quantitative estimate of drug-likeness (QED) is 0.0495. The van der Waals surface area contributed by atoms with Gasteiger partial charge in [0.05, 0.1) is 0 Å². The van der Waals surface area contributed by atoms with E-state index in [1.54, 1.807) is 0 Å². The first kappa shape index (κ1) is 43.9. The first-order valence-corrected chi connectivity index (χ1v) is 16.5. The summed E-state index contributed by atoms with van der Waals surface area (Å²) in [6, 6.07) is 0. The standard InChI is InChI=1S/2C18H32O2.Cu/c2*1-2-3-4-5-6-7-8-9-10-11-12-13-14-15-16-17-18(19)20;/h2*6-7,9-10H,2-5,8,11-17H2,1H3,(H,19,20);/q;;+2/p-2. The van der Waals surface area contributed by atoms with Gasteiger partial charge in [-0.2, -0.15) is 0 Å². The molecule has 5 heteroatoms. The fourth-order valence-electron chi connectivity index (χ4n) is 4.16. The van der Waals surface area contributed by atoms with Crippen LogP contribution in [0.5, 0.6) is 0 Å². The van der Waals surface area contributed by atoms with E-state index in [9.17, 15) is 19.8 Å². The molecule has 0 atom stereocenters. The summed E-state index contributed by atoms with van der Waals surface area (Å²) in [7, 11) is 0. The number of carbonyl (C=O) groups excluding carboxylic acids is 2. The third-order valence-electron chi connectivity index (χ3n) is 6.66. The zero-order valence-electron chi connectivity index (χ0n) is 26.5. The second-order valence-electron chi connectivity index (χ2n) is 10.7. The van der Waals surface area contributed by atoms with E-state index < -0.39 is 11.9 Å². The van der Waals surface area contributed by atoms with Crippen molar-refractivity contribution in [2.75, 3.05) is 0 Å². The van der Waals surface area contributed by atoms with Gasteiger partial charge in [0.1, 0.15) is 0 Å². The molecule has 0 aliphatic rings. The second-order valence-corrected chi connectivity index (χ2v) is 10.7. The molecule has 0 aromatic rings. The molecule has 0 spiro atoms. The third kappa shape index (κ3) is 48.5. The Morgan fingerprint density at radius 1 is 0.415 bits per heavy atom. The molecule has 0 fully saturated rings. The average molecular weight is 622 g/mol. The molecule has 0 unspecified atom stereocenters. The van der Waals surface area contributed by atoms with Crippen LogP contribution in [0, 0.1) is 0 Å². The molecule has 0 aliphatic heterocycles. The maximum atomic E-state index is 10.2. The van der Waals surface area contributed by atoms with E-state index in [0.717, 1.165) is 64.2 Å². The Bertz CT molecular complexity index is 596. The number of unbranched alkanes of at least 4 members (excludes halogenated alkanes) is 16. The minimum atomic E-state index is -0.921. The molecule has 0 saturated heterocycles. The van der Waals surface area contributed by atoms with Crippen molar-refractivity contribution in [3.8, 4) is 0 Å². The van der Waals surface area contributed by atoms with Crippen molar-refractivity contribution >= 4 is 11.9 Å². The van der Waals surface area contributed by atoms with Gasteiger partial charge in [-0.15, -0.1) is 0 Å². The summed E-state index contributed by atoms with van der Waals surface area (Å²) >= 11 is 0. The fourth-order valence-corrected chi connectivity index (χ4v) is 4.16. The number of rotatable bonds is 28. The van der Waals surface area contributed by atoms with Crippen LogP contribution < -0.4 is 10.2 Å². The minimum Gasteiger partial charge on any atom is -0.550 e. The van der Waals surface area contributed by atoms with Gasteiger partial charge in [0.2, 0.25) is 0 Å². The van der Waals surface area contributed by atoms with E-state index in [1.165, 1.54) is 77.0 Å². The number of hydrogen-bond donors (Lipinski definition) is 0. The van der Waals surface area contributed by atoms with E-state index in [1.807, 2.05) is 0 Å². The van der Waals surface area contributed by atoms with Gasteiger partial charge < -0.3 is 19.8 Å². The van der Waals surface area contributed by atoms with Gasteiger partial charge in [0, 0.05) is 11.9 Å². The molecule has 0 rings (SSSR count). The van der Waals surface area contributed by atoms with Crippen LogP contribution >= 0.6 is 0 Å². The van der Waals surface area contributed by atoms with Gasteiger partial charge in [0.15, 0.2) is 0 Å². The van der Waals surface area contributed by atoms with Crippen molar-refractivity contribution < 1.29 is 36.9 Å². The molecule has 0 bridgehead atoms. The smallest absolute Gasteiger partial charge is 0.550 e. The maximum Gasteiger partial charge on any atom is 2.00 e. The van der Waals surface area contributed by atoms with Crippen molar-refractivity contribution in [2.24, 2.45) is 0 Å². The van der Waals surface area contributed by atoms with E-state index in [0.29, 0.717) is 0 Å². The minimum absolute atomic E-state index is 0. The van der Waals surface area contributed by atoms with Crippen LogP contribution in [0.3, 0.4) is 0 Å². The number of aliphatic carboxylic acids is 2. The number of carboxylic acids is 2. The number of carbonyl (C=O) groups is 2. The van der Waals surface area contributed by atoms with Gasteiger partial charge in [-0.3, -0.25) is 0 Å². The Kier molecular flexibility index (Phi) is 43.4. The van der Waals surface area contributed by atoms with E-state index >= 15 is 0 Å². The molecule has 241 valence electrons. The molecule has 0 heterocycles. The van der Waals surface area contributed by atoms with Crippen LogP contribution in [-0.2, 0) is 26.7 Å². The van der Waals surface area contributed by atoms with E-state index in [2.05, 4.69) is 62.5 Å². The number of carboxylic acid groups (broad SMARTS) is 2. The summed E-state index contributed by atoms with van der Waals surface area (Å²) < 4.78 is 0. The van der Waals surface area contributed by atoms with Crippen LogP contribution in [0.2, 0.25) is 0 Å². The number of hydrogen-bond acceptors (Lipinski definition) is 4. The van der Waals surface area contributed by atoms with Crippen LogP contribution in [0.1, 0.15) is 168 Å². The molecule has 0 aromatic carbocycles. The summed E-state index contributed by atoms with van der Waals surface area (Å²) in [6.07, 6.45) is 43.9. The molecule has 0 amide bonds. The monoisotopic (exact) mass is 621 g/mol. The Hall–Kier alpha value is -1.58. The maximum absolute atomic E-state index is 10.2. The first-order valence-electron chi connectivity index (χ1n) is 16.5.